The maximum atomic E-state index is 14.1. The fourth-order valence-corrected chi connectivity index (χ4v) is 5.13. The molecule has 4 rings (SSSR count). The predicted molar refractivity (Wildman–Crippen MR) is 128 cm³/mol. The standard InChI is InChI=1S/C26H34F2N4O3/c1-16(2)31(3)26(34)20-15-32(18-7-5-4-6-8-18)12-11-22(20)29-25(33)23-14-24(35-30-23)19-10-9-17(27)13-21(19)28/h9-10,13-14,16,18,20,22H,4-8,11-12,15H2,1-3H3,(H,29,33)/t20-,22-/m1/s1. The molecule has 1 N–H and O–H groups in total. The van der Waals surface area contributed by atoms with Crippen molar-refractivity contribution in [1.29, 1.82) is 0 Å². The van der Waals surface area contributed by atoms with Crippen molar-refractivity contribution >= 4 is 11.8 Å². The Morgan fingerprint density at radius 3 is 2.57 bits per heavy atom. The maximum absolute atomic E-state index is 14.1. The van der Waals surface area contributed by atoms with Gasteiger partial charge in [0.25, 0.3) is 5.91 Å². The summed E-state index contributed by atoms with van der Waals surface area (Å²) in [7, 11) is 1.80. The summed E-state index contributed by atoms with van der Waals surface area (Å²) in [5, 5.41) is 6.77. The first-order valence-electron chi connectivity index (χ1n) is 12.5. The number of benzene rings is 1. The molecule has 1 aliphatic heterocycles. The summed E-state index contributed by atoms with van der Waals surface area (Å²) in [6.07, 6.45) is 6.66. The molecule has 2 aliphatic rings. The second-order valence-corrected chi connectivity index (χ2v) is 10.0. The fourth-order valence-electron chi connectivity index (χ4n) is 5.13. The minimum absolute atomic E-state index is 0.0122. The van der Waals surface area contributed by atoms with Crippen LogP contribution in [0, 0.1) is 17.6 Å². The summed E-state index contributed by atoms with van der Waals surface area (Å²) in [6, 6.07) is 4.63. The van der Waals surface area contributed by atoms with Crippen LogP contribution >= 0.6 is 0 Å². The Balaban J connectivity index is 1.49. The number of likely N-dealkylation sites (tertiary alicyclic amines) is 1. The molecule has 0 unspecified atom stereocenters. The number of hydrogen-bond acceptors (Lipinski definition) is 5. The van der Waals surface area contributed by atoms with Gasteiger partial charge in [-0.15, -0.1) is 0 Å². The van der Waals surface area contributed by atoms with Crippen molar-refractivity contribution in [3.63, 3.8) is 0 Å². The molecule has 1 aromatic heterocycles. The van der Waals surface area contributed by atoms with Crippen molar-refractivity contribution in [3.05, 3.63) is 41.6 Å². The Labute approximate surface area is 204 Å². The van der Waals surface area contributed by atoms with Gasteiger partial charge in [0.05, 0.1) is 11.5 Å². The van der Waals surface area contributed by atoms with Crippen LogP contribution in [0.3, 0.4) is 0 Å². The molecule has 1 saturated carbocycles. The molecule has 0 radical (unpaired) electrons. The van der Waals surface area contributed by atoms with E-state index in [-0.39, 0.29) is 40.9 Å². The molecule has 2 aromatic rings. The van der Waals surface area contributed by atoms with Gasteiger partial charge >= 0.3 is 0 Å². The molecule has 190 valence electrons. The van der Waals surface area contributed by atoms with Gasteiger partial charge in [0, 0.05) is 50.4 Å². The normalized spacial score (nSPS) is 21.8. The van der Waals surface area contributed by atoms with Crippen LogP contribution in [0.2, 0.25) is 0 Å². The van der Waals surface area contributed by atoms with Gasteiger partial charge in [-0.25, -0.2) is 8.78 Å². The number of hydrogen-bond donors (Lipinski definition) is 1. The zero-order chi connectivity index (χ0) is 25.1. The zero-order valence-electron chi connectivity index (χ0n) is 20.6. The molecule has 2 atom stereocenters. The molecule has 9 heteroatoms. The van der Waals surface area contributed by atoms with Crippen molar-refractivity contribution in [3.8, 4) is 11.3 Å². The Bertz CT molecular complexity index is 1050. The predicted octanol–water partition coefficient (Wildman–Crippen LogP) is 4.24. The van der Waals surface area contributed by atoms with E-state index >= 15 is 0 Å². The van der Waals surface area contributed by atoms with Crippen molar-refractivity contribution in [2.75, 3.05) is 20.1 Å². The van der Waals surface area contributed by atoms with Crippen LogP contribution in [-0.2, 0) is 4.79 Å². The molecular formula is C26H34F2N4O3. The number of rotatable bonds is 6. The molecular weight excluding hydrogens is 454 g/mol. The van der Waals surface area contributed by atoms with E-state index in [0.29, 0.717) is 19.0 Å². The molecule has 0 bridgehead atoms. The molecule has 0 spiro atoms. The number of piperidine rings is 1. The monoisotopic (exact) mass is 488 g/mol. The highest BCUT2D eigenvalue weighted by molar-refractivity contribution is 5.94. The zero-order valence-corrected chi connectivity index (χ0v) is 20.6. The average Bonchev–Trinajstić information content (AvgIpc) is 3.34. The molecule has 1 saturated heterocycles. The Morgan fingerprint density at radius 2 is 1.89 bits per heavy atom. The van der Waals surface area contributed by atoms with Crippen LogP contribution in [0.25, 0.3) is 11.3 Å². The van der Waals surface area contributed by atoms with E-state index in [9.17, 15) is 18.4 Å². The van der Waals surface area contributed by atoms with Gasteiger partial charge in [0.2, 0.25) is 5.91 Å². The summed E-state index contributed by atoms with van der Waals surface area (Å²) in [5.74, 6) is -2.31. The van der Waals surface area contributed by atoms with Crippen molar-refractivity contribution in [1.82, 2.24) is 20.3 Å². The highest BCUT2D eigenvalue weighted by Gasteiger charge is 2.39. The summed E-state index contributed by atoms with van der Waals surface area (Å²) in [4.78, 5) is 30.6. The van der Waals surface area contributed by atoms with E-state index in [1.54, 1.807) is 11.9 Å². The lowest BCUT2D eigenvalue weighted by molar-refractivity contribution is -0.139. The molecule has 35 heavy (non-hydrogen) atoms. The number of carbonyl (C=O) groups excluding carboxylic acids is 2. The van der Waals surface area contributed by atoms with Gasteiger partial charge in [-0.2, -0.15) is 0 Å². The molecule has 2 amide bonds. The largest absolute Gasteiger partial charge is 0.355 e. The van der Waals surface area contributed by atoms with Crippen LogP contribution in [0.5, 0.6) is 0 Å². The number of carbonyl (C=O) groups is 2. The third kappa shape index (κ3) is 5.72. The van der Waals surface area contributed by atoms with Crippen LogP contribution in [-0.4, -0.2) is 65.0 Å². The lowest BCUT2D eigenvalue weighted by Gasteiger charge is -2.44. The first kappa shape index (κ1) is 25.3. The molecule has 2 heterocycles. The van der Waals surface area contributed by atoms with Gasteiger partial charge in [-0.05, 0) is 45.2 Å². The third-order valence-electron chi connectivity index (χ3n) is 7.43. The van der Waals surface area contributed by atoms with Crippen LogP contribution < -0.4 is 5.32 Å². The smallest absolute Gasteiger partial charge is 0.273 e. The average molecular weight is 489 g/mol. The maximum Gasteiger partial charge on any atom is 0.273 e. The number of amides is 2. The summed E-state index contributed by atoms with van der Waals surface area (Å²) >= 11 is 0. The Kier molecular flexibility index (Phi) is 7.84. The summed E-state index contributed by atoms with van der Waals surface area (Å²) < 4.78 is 32.5. The number of halogens is 2. The Morgan fingerprint density at radius 1 is 1.14 bits per heavy atom. The van der Waals surface area contributed by atoms with Crippen LogP contribution in [0.15, 0.2) is 28.8 Å². The molecule has 1 aromatic carbocycles. The van der Waals surface area contributed by atoms with Crippen LogP contribution in [0.1, 0.15) is 62.9 Å². The second kappa shape index (κ2) is 10.8. The van der Waals surface area contributed by atoms with Gasteiger partial charge in [-0.1, -0.05) is 24.4 Å². The summed E-state index contributed by atoms with van der Waals surface area (Å²) in [5.41, 5.74) is 0.00667. The topological polar surface area (TPSA) is 78.7 Å². The first-order chi connectivity index (χ1) is 16.7. The first-order valence-corrected chi connectivity index (χ1v) is 12.5. The minimum Gasteiger partial charge on any atom is -0.355 e. The third-order valence-corrected chi connectivity index (χ3v) is 7.43. The van der Waals surface area contributed by atoms with E-state index in [4.69, 9.17) is 4.52 Å². The fraction of sp³-hybridized carbons (Fsp3) is 0.577. The van der Waals surface area contributed by atoms with E-state index in [0.717, 1.165) is 31.5 Å². The molecule has 1 aliphatic carbocycles. The summed E-state index contributed by atoms with van der Waals surface area (Å²) in [6.45, 7) is 5.36. The van der Waals surface area contributed by atoms with E-state index < -0.39 is 17.5 Å². The Hall–Kier alpha value is -2.81. The number of nitrogens with zero attached hydrogens (tertiary/aromatic N) is 3. The van der Waals surface area contributed by atoms with Crippen molar-refractivity contribution < 1.29 is 22.9 Å². The van der Waals surface area contributed by atoms with Gasteiger partial charge in [-0.3, -0.25) is 14.5 Å². The highest BCUT2D eigenvalue weighted by atomic mass is 19.1. The van der Waals surface area contributed by atoms with Gasteiger partial charge in [0.1, 0.15) is 11.6 Å². The molecule has 2 fully saturated rings. The molecule has 7 nitrogen and oxygen atoms in total. The van der Waals surface area contributed by atoms with E-state index in [1.807, 2.05) is 13.8 Å². The van der Waals surface area contributed by atoms with Gasteiger partial charge in [0.15, 0.2) is 11.5 Å². The van der Waals surface area contributed by atoms with Crippen molar-refractivity contribution in [2.24, 2.45) is 5.92 Å². The van der Waals surface area contributed by atoms with Gasteiger partial charge < -0.3 is 14.7 Å². The second-order valence-electron chi connectivity index (χ2n) is 10.0. The van der Waals surface area contributed by atoms with E-state index in [2.05, 4.69) is 15.4 Å². The SMILES string of the molecule is CC(C)N(C)C(=O)[C@@H]1CN(C2CCCCC2)CC[C@H]1NC(=O)c1cc(-c2ccc(F)cc2F)on1. The van der Waals surface area contributed by atoms with Crippen LogP contribution in [0.4, 0.5) is 8.78 Å². The lowest BCUT2D eigenvalue weighted by atomic mass is 9.86. The van der Waals surface area contributed by atoms with Crippen molar-refractivity contribution in [2.45, 2.75) is 70.5 Å². The lowest BCUT2D eigenvalue weighted by Crippen LogP contribution is -2.58. The highest BCUT2D eigenvalue weighted by Crippen LogP contribution is 2.29. The number of nitrogens with one attached hydrogen (secondary N) is 1. The minimum atomic E-state index is -0.800. The number of aromatic nitrogens is 1. The quantitative estimate of drug-likeness (QED) is 0.658. The van der Waals surface area contributed by atoms with E-state index in [1.165, 1.54) is 31.4 Å².